The van der Waals surface area contributed by atoms with Gasteiger partial charge in [-0.3, -0.25) is 0 Å². The van der Waals surface area contributed by atoms with Gasteiger partial charge in [0, 0.05) is 25.7 Å². The lowest BCUT2D eigenvalue weighted by Gasteiger charge is -2.21. The highest BCUT2D eigenvalue weighted by atomic mass is 19.3. The number of hydrogen-bond acceptors (Lipinski definition) is 7. The zero-order chi connectivity index (χ0) is 26.7. The van der Waals surface area contributed by atoms with Gasteiger partial charge in [0.05, 0.1) is 30.6 Å². The van der Waals surface area contributed by atoms with Crippen LogP contribution in [0.5, 0.6) is 0 Å². The van der Waals surface area contributed by atoms with Crippen molar-refractivity contribution in [2.75, 3.05) is 38.5 Å². The Morgan fingerprint density at radius 1 is 1.00 bits per heavy atom. The van der Waals surface area contributed by atoms with Gasteiger partial charge in [-0.1, -0.05) is 42.5 Å². The third-order valence-corrected chi connectivity index (χ3v) is 7.45. The van der Waals surface area contributed by atoms with Crippen LogP contribution in [0, 0.1) is 5.92 Å². The van der Waals surface area contributed by atoms with Gasteiger partial charge < -0.3 is 30.7 Å². The molecular weight excluding hydrogens is 490 g/mol. The summed E-state index contributed by atoms with van der Waals surface area (Å²) in [6, 6.07) is 15.7. The van der Waals surface area contributed by atoms with Crippen LogP contribution in [0.3, 0.4) is 0 Å². The van der Waals surface area contributed by atoms with Gasteiger partial charge in [-0.05, 0) is 41.8 Å². The Labute approximate surface area is 220 Å². The molecule has 1 aliphatic rings. The Balaban J connectivity index is 1.09. The molecule has 0 bridgehead atoms. The summed E-state index contributed by atoms with van der Waals surface area (Å²) in [6.07, 6.45) is 2.31. The Hall–Kier alpha value is -3.18. The normalized spacial score (nSPS) is 21.9. The number of aromatic nitrogens is 3. The maximum Gasteiger partial charge on any atom is 0.272 e. The fourth-order valence-electron chi connectivity index (χ4n) is 5.42. The first-order valence-electron chi connectivity index (χ1n) is 13.0. The van der Waals surface area contributed by atoms with Gasteiger partial charge in [0.15, 0.2) is 0 Å². The highest BCUT2D eigenvalue weighted by Gasteiger charge is 2.43. The minimum atomic E-state index is -2.94. The van der Waals surface area contributed by atoms with E-state index in [1.54, 1.807) is 7.05 Å². The third-order valence-electron chi connectivity index (χ3n) is 7.45. The van der Waals surface area contributed by atoms with E-state index in [9.17, 15) is 19.0 Å². The molecule has 8 nitrogen and oxygen atoms in total. The standard InChI is InChI=1S/C28H34F2N6O2/c1-31-26-22-9-11-36(27(22)35-17-34-26)23-13-21(24(37)25(23)38)14-33-16-28(29,30)15-32-10-8-18-6-7-19-4-2-3-5-20(19)12-18/h2-7,9,11-12,17,21,23-25,32-33,37-38H,8,10,13-16H2,1H3,(H,31,34,35)/t21-,23-,24-,25+/m1/s1. The van der Waals surface area contributed by atoms with Crippen molar-refractivity contribution in [1.29, 1.82) is 0 Å². The molecule has 0 amide bonds. The number of benzene rings is 2. The van der Waals surface area contributed by atoms with E-state index in [-0.39, 0.29) is 12.5 Å². The fraction of sp³-hybridized carbons (Fsp3) is 0.429. The maximum atomic E-state index is 14.5. The molecule has 38 heavy (non-hydrogen) atoms. The van der Waals surface area contributed by atoms with Gasteiger partial charge in [-0.15, -0.1) is 0 Å². The van der Waals surface area contributed by atoms with Crippen molar-refractivity contribution in [1.82, 2.24) is 25.2 Å². The van der Waals surface area contributed by atoms with Crippen molar-refractivity contribution in [3.05, 3.63) is 66.6 Å². The minimum Gasteiger partial charge on any atom is -0.390 e. The molecule has 0 saturated heterocycles. The molecule has 2 aromatic heterocycles. The Morgan fingerprint density at radius 3 is 2.61 bits per heavy atom. The van der Waals surface area contributed by atoms with E-state index in [1.165, 1.54) is 6.33 Å². The summed E-state index contributed by atoms with van der Waals surface area (Å²) in [7, 11) is 1.77. The summed E-state index contributed by atoms with van der Waals surface area (Å²) in [6.45, 7) is -0.315. The van der Waals surface area contributed by atoms with Crippen LogP contribution in [0.4, 0.5) is 14.6 Å². The fourth-order valence-corrected chi connectivity index (χ4v) is 5.42. The number of aliphatic hydroxyl groups is 2. The molecule has 0 spiro atoms. The number of anilines is 1. The third kappa shape index (κ3) is 5.63. The number of hydrogen-bond donors (Lipinski definition) is 5. The number of nitrogens with zero attached hydrogens (tertiary/aromatic N) is 3. The van der Waals surface area contributed by atoms with Crippen LogP contribution in [0.1, 0.15) is 18.0 Å². The number of fused-ring (bicyclic) bond motifs is 2. The van der Waals surface area contributed by atoms with E-state index in [1.807, 2.05) is 53.2 Å². The largest absolute Gasteiger partial charge is 0.390 e. The van der Waals surface area contributed by atoms with Crippen molar-refractivity contribution >= 4 is 27.6 Å². The van der Waals surface area contributed by atoms with E-state index in [0.717, 1.165) is 21.7 Å². The van der Waals surface area contributed by atoms with Gasteiger partial charge in [-0.25, -0.2) is 18.7 Å². The molecule has 4 atom stereocenters. The highest BCUT2D eigenvalue weighted by Crippen LogP contribution is 2.37. The Morgan fingerprint density at radius 2 is 1.79 bits per heavy atom. The first-order valence-corrected chi connectivity index (χ1v) is 13.0. The molecule has 0 unspecified atom stereocenters. The van der Waals surface area contributed by atoms with Crippen LogP contribution in [-0.4, -0.2) is 76.1 Å². The summed E-state index contributed by atoms with van der Waals surface area (Å²) in [5.74, 6) is -2.63. The molecule has 202 valence electrons. The van der Waals surface area contributed by atoms with Crippen molar-refractivity contribution < 1.29 is 19.0 Å². The number of rotatable bonds is 11. The van der Waals surface area contributed by atoms with Crippen molar-refractivity contribution in [3.63, 3.8) is 0 Å². The average Bonchev–Trinajstić information content (AvgIpc) is 3.47. The van der Waals surface area contributed by atoms with E-state index in [4.69, 9.17) is 0 Å². The first-order chi connectivity index (χ1) is 18.4. The van der Waals surface area contributed by atoms with Crippen LogP contribution in [0.25, 0.3) is 21.8 Å². The number of aliphatic hydroxyl groups excluding tert-OH is 2. The average molecular weight is 525 g/mol. The van der Waals surface area contributed by atoms with E-state index in [0.29, 0.717) is 30.9 Å². The Bertz CT molecular complexity index is 1380. The second-order valence-corrected chi connectivity index (χ2v) is 10.1. The lowest BCUT2D eigenvalue weighted by atomic mass is 10.1. The molecule has 1 fully saturated rings. The van der Waals surface area contributed by atoms with Gasteiger partial charge in [0.25, 0.3) is 5.92 Å². The highest BCUT2D eigenvalue weighted by molar-refractivity contribution is 5.87. The van der Waals surface area contributed by atoms with Gasteiger partial charge >= 0.3 is 0 Å². The second-order valence-electron chi connectivity index (χ2n) is 10.1. The Kier molecular flexibility index (Phi) is 7.85. The zero-order valence-corrected chi connectivity index (χ0v) is 21.3. The zero-order valence-electron chi connectivity index (χ0n) is 21.3. The van der Waals surface area contributed by atoms with Crippen LogP contribution in [0.15, 0.2) is 61.1 Å². The van der Waals surface area contributed by atoms with Crippen LogP contribution in [-0.2, 0) is 6.42 Å². The maximum absolute atomic E-state index is 14.5. The molecule has 2 heterocycles. The second kappa shape index (κ2) is 11.3. The number of alkyl halides is 2. The summed E-state index contributed by atoms with van der Waals surface area (Å²) in [5, 5.41) is 33.2. The SMILES string of the molecule is CNc1ncnc2c1ccn2[C@@H]1C[C@H](CNCC(F)(F)CNCCc2ccc3ccccc3c2)[C@@H](O)[C@H]1O. The predicted molar refractivity (Wildman–Crippen MR) is 145 cm³/mol. The molecule has 1 aliphatic carbocycles. The lowest BCUT2D eigenvalue weighted by molar-refractivity contribution is -0.00603. The van der Waals surface area contributed by atoms with Gasteiger partial charge in [-0.2, -0.15) is 0 Å². The molecule has 4 aromatic rings. The van der Waals surface area contributed by atoms with Crippen LogP contribution < -0.4 is 16.0 Å². The number of halogens is 2. The molecule has 2 aromatic carbocycles. The molecule has 5 rings (SSSR count). The quantitative estimate of drug-likeness (QED) is 0.192. The first kappa shape index (κ1) is 26.4. The van der Waals surface area contributed by atoms with E-state index >= 15 is 0 Å². The molecule has 5 N–H and O–H groups in total. The van der Waals surface area contributed by atoms with Crippen LogP contribution >= 0.6 is 0 Å². The summed E-state index contributed by atoms with van der Waals surface area (Å²) >= 11 is 0. The smallest absolute Gasteiger partial charge is 0.272 e. The molecule has 0 aliphatic heterocycles. The van der Waals surface area contributed by atoms with E-state index < -0.39 is 37.3 Å². The summed E-state index contributed by atoms with van der Waals surface area (Å²) in [4.78, 5) is 8.54. The molecule has 1 saturated carbocycles. The van der Waals surface area contributed by atoms with E-state index in [2.05, 4.69) is 32.0 Å². The van der Waals surface area contributed by atoms with Gasteiger partial charge in [0.2, 0.25) is 0 Å². The summed E-state index contributed by atoms with van der Waals surface area (Å²) in [5.41, 5.74) is 1.75. The molecular formula is C28H34F2N6O2. The van der Waals surface area contributed by atoms with Crippen molar-refractivity contribution in [2.24, 2.45) is 5.92 Å². The van der Waals surface area contributed by atoms with Crippen molar-refractivity contribution in [3.8, 4) is 0 Å². The number of nitrogens with one attached hydrogen (secondary N) is 3. The monoisotopic (exact) mass is 524 g/mol. The predicted octanol–water partition coefficient (Wildman–Crippen LogP) is 2.97. The minimum absolute atomic E-state index is 0.178. The van der Waals surface area contributed by atoms with Crippen molar-refractivity contribution in [2.45, 2.75) is 37.0 Å². The van der Waals surface area contributed by atoms with Gasteiger partial charge in [0.1, 0.15) is 23.9 Å². The molecule has 10 heteroatoms. The molecule has 0 radical (unpaired) electrons. The lowest BCUT2D eigenvalue weighted by Crippen LogP contribution is -2.44. The summed E-state index contributed by atoms with van der Waals surface area (Å²) < 4.78 is 30.8. The van der Waals surface area contributed by atoms with Crippen LogP contribution in [0.2, 0.25) is 0 Å². The topological polar surface area (TPSA) is 107 Å².